The lowest BCUT2D eigenvalue weighted by Crippen LogP contribution is -2.26. The van der Waals surface area contributed by atoms with Crippen LogP contribution in [0.4, 0.5) is 18.9 Å². The van der Waals surface area contributed by atoms with Gasteiger partial charge in [0.15, 0.2) is 0 Å². The van der Waals surface area contributed by atoms with Crippen LogP contribution in [0.25, 0.3) is 0 Å². The molecule has 5 nitrogen and oxygen atoms in total. The Morgan fingerprint density at radius 1 is 1.23 bits per heavy atom. The van der Waals surface area contributed by atoms with E-state index in [-0.39, 0.29) is 23.1 Å². The molecule has 0 saturated carbocycles. The number of benzene rings is 1. The molecular formula is C21H30ClF3N2O3. The van der Waals surface area contributed by atoms with Crippen LogP contribution in [0.15, 0.2) is 18.2 Å². The summed E-state index contributed by atoms with van der Waals surface area (Å²) in [6.45, 7) is 6.79. The predicted molar refractivity (Wildman–Crippen MR) is 112 cm³/mol. The van der Waals surface area contributed by atoms with E-state index >= 15 is 0 Å². The number of hydrogen-bond acceptors (Lipinski definition) is 4. The molecule has 2 N–H and O–H groups in total. The van der Waals surface area contributed by atoms with Crippen molar-refractivity contribution < 1.29 is 27.5 Å². The molecule has 0 radical (unpaired) electrons. The number of rotatable bonds is 7. The molecule has 1 amide bonds. The zero-order valence-electron chi connectivity index (χ0n) is 17.4. The van der Waals surface area contributed by atoms with Crippen LogP contribution in [-0.2, 0) is 20.7 Å². The van der Waals surface area contributed by atoms with Crippen molar-refractivity contribution in [2.75, 3.05) is 25.0 Å². The number of carbonyl (C=O) groups excluding carboxylic acids is 2. The highest BCUT2D eigenvalue weighted by molar-refractivity contribution is 6.33. The summed E-state index contributed by atoms with van der Waals surface area (Å²) in [5.41, 5.74) is 0.939. The SMILES string of the molecule is CC1CCNCC1.CCOC(=O)CCc1ccc(Cl)c(NC(=O)CCC(F)(F)F)c1. The lowest BCUT2D eigenvalue weighted by Gasteiger charge is -2.17. The number of nitrogens with one attached hydrogen (secondary N) is 2. The maximum absolute atomic E-state index is 12.1. The molecule has 0 bridgehead atoms. The van der Waals surface area contributed by atoms with E-state index in [9.17, 15) is 22.8 Å². The van der Waals surface area contributed by atoms with Crippen molar-refractivity contribution in [3.63, 3.8) is 0 Å². The Bertz CT molecular complexity index is 678. The minimum atomic E-state index is -4.39. The van der Waals surface area contributed by atoms with Gasteiger partial charge in [-0.25, -0.2) is 0 Å². The first-order valence-corrected chi connectivity index (χ1v) is 10.5. The van der Waals surface area contributed by atoms with Gasteiger partial charge in [0.1, 0.15) is 0 Å². The van der Waals surface area contributed by atoms with Crippen molar-refractivity contribution in [1.82, 2.24) is 5.32 Å². The van der Waals surface area contributed by atoms with E-state index in [4.69, 9.17) is 16.3 Å². The molecule has 1 saturated heterocycles. The van der Waals surface area contributed by atoms with Gasteiger partial charge in [0.25, 0.3) is 0 Å². The Balaban J connectivity index is 0.000000539. The number of esters is 1. The number of anilines is 1. The molecule has 1 aromatic carbocycles. The van der Waals surface area contributed by atoms with Crippen LogP contribution < -0.4 is 10.6 Å². The molecule has 0 aromatic heterocycles. The largest absolute Gasteiger partial charge is 0.466 e. The van der Waals surface area contributed by atoms with Crippen LogP contribution in [0.2, 0.25) is 5.02 Å². The van der Waals surface area contributed by atoms with Gasteiger partial charge in [-0.15, -0.1) is 0 Å². The first-order chi connectivity index (χ1) is 14.1. The quantitative estimate of drug-likeness (QED) is 0.565. The van der Waals surface area contributed by atoms with Gasteiger partial charge in [0.05, 0.1) is 23.7 Å². The van der Waals surface area contributed by atoms with E-state index in [0.717, 1.165) is 5.92 Å². The molecular weight excluding hydrogens is 421 g/mol. The third-order valence-electron chi connectivity index (χ3n) is 4.49. The van der Waals surface area contributed by atoms with Crippen molar-refractivity contribution in [2.45, 2.75) is 58.5 Å². The molecule has 0 unspecified atom stereocenters. The second-order valence-electron chi connectivity index (χ2n) is 7.22. The van der Waals surface area contributed by atoms with Gasteiger partial charge < -0.3 is 15.4 Å². The van der Waals surface area contributed by atoms with Crippen molar-refractivity contribution in [2.24, 2.45) is 5.92 Å². The molecule has 0 atom stereocenters. The zero-order chi connectivity index (χ0) is 22.6. The van der Waals surface area contributed by atoms with E-state index in [1.807, 2.05) is 0 Å². The smallest absolute Gasteiger partial charge is 0.389 e. The summed E-state index contributed by atoms with van der Waals surface area (Å²) in [6, 6.07) is 4.72. The summed E-state index contributed by atoms with van der Waals surface area (Å²) in [4.78, 5) is 22.8. The third-order valence-corrected chi connectivity index (χ3v) is 4.82. The topological polar surface area (TPSA) is 67.4 Å². The zero-order valence-corrected chi connectivity index (χ0v) is 18.2. The third kappa shape index (κ3) is 12.0. The number of piperidine rings is 1. The van der Waals surface area contributed by atoms with Crippen molar-refractivity contribution >= 4 is 29.2 Å². The van der Waals surface area contributed by atoms with Gasteiger partial charge in [0, 0.05) is 12.8 Å². The van der Waals surface area contributed by atoms with Gasteiger partial charge in [-0.3, -0.25) is 9.59 Å². The van der Waals surface area contributed by atoms with Crippen LogP contribution in [-0.4, -0.2) is 37.7 Å². The van der Waals surface area contributed by atoms with Crippen molar-refractivity contribution in [3.05, 3.63) is 28.8 Å². The average Bonchev–Trinajstić information content (AvgIpc) is 2.68. The van der Waals surface area contributed by atoms with Crippen LogP contribution >= 0.6 is 11.6 Å². The molecule has 2 rings (SSSR count). The Labute approximate surface area is 180 Å². The lowest BCUT2D eigenvalue weighted by atomic mass is 10.0. The summed E-state index contributed by atoms with van der Waals surface area (Å²) in [6.07, 6.45) is -2.97. The molecule has 1 fully saturated rings. The Kier molecular flexibility index (Phi) is 11.8. The molecule has 1 aliphatic rings. The average molecular weight is 451 g/mol. The number of amides is 1. The maximum atomic E-state index is 12.1. The lowest BCUT2D eigenvalue weighted by molar-refractivity contribution is -0.143. The van der Waals surface area contributed by atoms with Gasteiger partial charge in [0.2, 0.25) is 5.91 Å². The van der Waals surface area contributed by atoms with E-state index in [1.165, 1.54) is 38.1 Å². The fourth-order valence-corrected chi connectivity index (χ4v) is 2.90. The number of ether oxygens (including phenoxy) is 1. The van der Waals surface area contributed by atoms with Crippen molar-refractivity contribution in [3.8, 4) is 0 Å². The highest BCUT2D eigenvalue weighted by atomic mass is 35.5. The Morgan fingerprint density at radius 3 is 2.43 bits per heavy atom. The summed E-state index contributed by atoms with van der Waals surface area (Å²) in [5, 5.41) is 5.88. The van der Waals surface area contributed by atoms with Crippen LogP contribution in [0.5, 0.6) is 0 Å². The Morgan fingerprint density at radius 2 is 1.90 bits per heavy atom. The number of halogens is 4. The summed E-state index contributed by atoms with van der Waals surface area (Å²) < 4.78 is 41.1. The van der Waals surface area contributed by atoms with Gasteiger partial charge >= 0.3 is 12.1 Å². The minimum Gasteiger partial charge on any atom is -0.466 e. The number of carbonyl (C=O) groups is 2. The summed E-state index contributed by atoms with van der Waals surface area (Å²) in [5.74, 6) is -0.147. The fraction of sp³-hybridized carbons (Fsp3) is 0.619. The molecule has 0 spiro atoms. The first-order valence-electron chi connectivity index (χ1n) is 10.1. The number of aryl methyl sites for hydroxylation is 1. The predicted octanol–water partition coefficient (Wildman–Crippen LogP) is 5.12. The van der Waals surface area contributed by atoms with E-state index in [1.54, 1.807) is 13.0 Å². The molecule has 1 aromatic rings. The molecule has 9 heteroatoms. The standard InChI is InChI=1S/C15H17ClF3NO3.C6H13N/c1-2-23-14(22)6-4-10-3-5-11(16)12(9-10)20-13(21)7-8-15(17,18)19;1-6-2-4-7-5-3-6/h3,5,9H,2,4,6-8H2,1H3,(H,20,21);6-7H,2-5H2,1H3. The highest BCUT2D eigenvalue weighted by Crippen LogP contribution is 2.25. The first kappa shape index (κ1) is 26.2. The number of hydrogen-bond donors (Lipinski definition) is 2. The Hall–Kier alpha value is -1.80. The molecule has 1 aliphatic heterocycles. The minimum absolute atomic E-state index is 0.164. The van der Waals surface area contributed by atoms with Gasteiger partial charge in [-0.2, -0.15) is 13.2 Å². The molecule has 30 heavy (non-hydrogen) atoms. The van der Waals surface area contributed by atoms with Crippen molar-refractivity contribution in [1.29, 1.82) is 0 Å². The van der Waals surface area contributed by atoms with Crippen LogP contribution in [0.3, 0.4) is 0 Å². The molecule has 1 heterocycles. The second-order valence-corrected chi connectivity index (χ2v) is 7.62. The summed E-state index contributed by atoms with van der Waals surface area (Å²) >= 11 is 5.91. The van der Waals surface area contributed by atoms with E-state index in [2.05, 4.69) is 17.6 Å². The van der Waals surface area contributed by atoms with Crippen LogP contribution in [0.1, 0.15) is 51.5 Å². The van der Waals surface area contributed by atoms with Crippen LogP contribution in [0, 0.1) is 5.92 Å². The fourth-order valence-electron chi connectivity index (χ4n) is 2.74. The van der Waals surface area contributed by atoms with Gasteiger partial charge in [-0.05, 0) is 62.9 Å². The normalized spacial score (nSPS) is 14.5. The molecule has 0 aliphatic carbocycles. The van der Waals surface area contributed by atoms with E-state index in [0.29, 0.717) is 18.6 Å². The maximum Gasteiger partial charge on any atom is 0.389 e. The van der Waals surface area contributed by atoms with Gasteiger partial charge in [-0.1, -0.05) is 24.6 Å². The number of alkyl halides is 3. The monoisotopic (exact) mass is 450 g/mol. The summed E-state index contributed by atoms with van der Waals surface area (Å²) in [7, 11) is 0. The highest BCUT2D eigenvalue weighted by Gasteiger charge is 2.28. The van der Waals surface area contributed by atoms with E-state index < -0.39 is 24.9 Å². The molecule has 170 valence electrons. The second kappa shape index (κ2) is 13.5.